The molecule has 1 aromatic rings. The maximum absolute atomic E-state index is 12.3. The molecule has 7 heteroatoms. The molecule has 2 N–H and O–H groups in total. The van der Waals surface area contributed by atoms with Gasteiger partial charge in [-0.15, -0.1) is 0 Å². The number of carboxylic acid groups (broad SMARTS) is 1. The number of halogens is 1. The van der Waals surface area contributed by atoms with E-state index in [-0.39, 0.29) is 18.4 Å². The van der Waals surface area contributed by atoms with Crippen molar-refractivity contribution in [3.8, 4) is 11.5 Å². The summed E-state index contributed by atoms with van der Waals surface area (Å²) in [6.07, 6.45) is 2.33. The van der Waals surface area contributed by atoms with Crippen molar-refractivity contribution in [3.63, 3.8) is 0 Å². The van der Waals surface area contributed by atoms with Gasteiger partial charge in [0.15, 0.2) is 11.5 Å². The number of fused-ring (bicyclic) bond motifs is 1. The second-order valence-corrected chi connectivity index (χ2v) is 6.67. The standard InChI is InChI=1S/C16H18BrNO5/c17-11-8-14-13(22-4-5-23-14)6-9(11)7-15(19)18-12-3-1-2-10(12)16(20)21/h6,8,10,12H,1-5,7H2,(H,18,19)(H,20,21)/t10-,12+/m1/s1. The first kappa shape index (κ1) is 16.1. The van der Waals surface area contributed by atoms with Gasteiger partial charge in [0.05, 0.1) is 12.3 Å². The molecule has 0 aromatic heterocycles. The fourth-order valence-corrected chi connectivity index (χ4v) is 3.56. The molecule has 1 aromatic carbocycles. The number of hydrogen-bond acceptors (Lipinski definition) is 4. The van der Waals surface area contributed by atoms with E-state index in [0.29, 0.717) is 37.6 Å². The summed E-state index contributed by atoms with van der Waals surface area (Å²) < 4.78 is 11.8. The molecule has 0 unspecified atom stereocenters. The van der Waals surface area contributed by atoms with E-state index in [0.717, 1.165) is 16.5 Å². The van der Waals surface area contributed by atoms with E-state index in [4.69, 9.17) is 9.47 Å². The Labute approximate surface area is 142 Å². The van der Waals surface area contributed by atoms with Crippen molar-refractivity contribution in [1.82, 2.24) is 5.32 Å². The van der Waals surface area contributed by atoms with E-state index in [2.05, 4.69) is 21.2 Å². The number of carbonyl (C=O) groups excluding carboxylic acids is 1. The number of nitrogens with one attached hydrogen (secondary N) is 1. The second-order valence-electron chi connectivity index (χ2n) is 5.81. The first-order chi connectivity index (χ1) is 11.0. The van der Waals surface area contributed by atoms with Gasteiger partial charge in [-0.05, 0) is 30.5 Å². The normalized spacial score (nSPS) is 22.7. The summed E-state index contributed by atoms with van der Waals surface area (Å²) in [4.78, 5) is 23.4. The van der Waals surface area contributed by atoms with Crippen LogP contribution in [0.15, 0.2) is 16.6 Å². The number of benzene rings is 1. The summed E-state index contributed by atoms with van der Waals surface area (Å²) in [6.45, 7) is 1.00. The SMILES string of the molecule is O=C(Cc1cc2c(cc1Br)OCCO2)N[C@H]1CCC[C@H]1C(=O)O. The van der Waals surface area contributed by atoms with E-state index in [9.17, 15) is 14.7 Å². The number of carbonyl (C=O) groups is 2. The van der Waals surface area contributed by atoms with Gasteiger partial charge < -0.3 is 19.9 Å². The second kappa shape index (κ2) is 6.78. The minimum Gasteiger partial charge on any atom is -0.486 e. The fourth-order valence-electron chi connectivity index (χ4n) is 3.10. The quantitative estimate of drug-likeness (QED) is 0.831. The molecule has 6 nitrogen and oxygen atoms in total. The highest BCUT2D eigenvalue weighted by Crippen LogP contribution is 2.35. The van der Waals surface area contributed by atoms with Crippen LogP contribution < -0.4 is 14.8 Å². The molecule has 0 radical (unpaired) electrons. The van der Waals surface area contributed by atoms with Crippen LogP contribution in [0.1, 0.15) is 24.8 Å². The molecule has 2 aliphatic rings. The lowest BCUT2D eigenvalue weighted by Crippen LogP contribution is -2.40. The zero-order valence-electron chi connectivity index (χ0n) is 12.5. The molecule has 1 saturated carbocycles. The molecule has 124 valence electrons. The van der Waals surface area contributed by atoms with Crippen molar-refractivity contribution in [3.05, 3.63) is 22.2 Å². The molecule has 23 heavy (non-hydrogen) atoms. The van der Waals surface area contributed by atoms with E-state index < -0.39 is 11.9 Å². The van der Waals surface area contributed by atoms with Crippen LogP contribution in [-0.2, 0) is 16.0 Å². The van der Waals surface area contributed by atoms with Gasteiger partial charge in [-0.3, -0.25) is 9.59 Å². The molecule has 0 saturated heterocycles. The molecule has 3 rings (SSSR count). The Bertz CT molecular complexity index is 633. The van der Waals surface area contributed by atoms with Crippen LogP contribution in [0.3, 0.4) is 0 Å². The molecule has 1 fully saturated rings. The van der Waals surface area contributed by atoms with Crippen molar-refractivity contribution < 1.29 is 24.2 Å². The number of hydrogen-bond donors (Lipinski definition) is 2. The van der Waals surface area contributed by atoms with Crippen LogP contribution in [0.25, 0.3) is 0 Å². The Morgan fingerprint density at radius 2 is 1.91 bits per heavy atom. The molecule has 0 bridgehead atoms. The third kappa shape index (κ3) is 3.60. The lowest BCUT2D eigenvalue weighted by Gasteiger charge is -2.21. The van der Waals surface area contributed by atoms with Gasteiger partial charge in [-0.25, -0.2) is 0 Å². The van der Waals surface area contributed by atoms with Gasteiger partial charge in [0, 0.05) is 10.5 Å². The zero-order valence-corrected chi connectivity index (χ0v) is 14.1. The Morgan fingerprint density at radius 3 is 2.61 bits per heavy atom. The van der Waals surface area contributed by atoms with Crippen molar-refractivity contribution in [2.75, 3.05) is 13.2 Å². The van der Waals surface area contributed by atoms with Gasteiger partial charge in [0.2, 0.25) is 5.91 Å². The molecule has 1 amide bonds. The molecular formula is C16H18BrNO5. The van der Waals surface area contributed by atoms with Crippen LogP contribution in [0, 0.1) is 5.92 Å². The largest absolute Gasteiger partial charge is 0.486 e. The summed E-state index contributed by atoms with van der Waals surface area (Å²) >= 11 is 3.44. The van der Waals surface area contributed by atoms with Crippen LogP contribution in [0.4, 0.5) is 0 Å². The Kier molecular flexibility index (Phi) is 4.75. The third-order valence-electron chi connectivity index (χ3n) is 4.24. The Hall–Kier alpha value is -1.76. The van der Waals surface area contributed by atoms with Crippen molar-refractivity contribution >= 4 is 27.8 Å². The van der Waals surface area contributed by atoms with Gasteiger partial charge in [-0.1, -0.05) is 22.4 Å². The number of rotatable bonds is 4. The van der Waals surface area contributed by atoms with Crippen LogP contribution in [-0.4, -0.2) is 36.2 Å². The monoisotopic (exact) mass is 383 g/mol. The summed E-state index contributed by atoms with van der Waals surface area (Å²) in [6, 6.07) is 3.31. The lowest BCUT2D eigenvalue weighted by molar-refractivity contribution is -0.142. The predicted molar refractivity (Wildman–Crippen MR) is 85.7 cm³/mol. The summed E-state index contributed by atoms with van der Waals surface area (Å²) in [5.41, 5.74) is 0.789. The topological polar surface area (TPSA) is 84.9 Å². The maximum atomic E-state index is 12.3. The number of ether oxygens (including phenoxy) is 2. The number of carboxylic acids is 1. The molecule has 1 heterocycles. The van der Waals surface area contributed by atoms with Gasteiger partial charge in [-0.2, -0.15) is 0 Å². The van der Waals surface area contributed by atoms with Gasteiger partial charge >= 0.3 is 5.97 Å². The summed E-state index contributed by atoms with van der Waals surface area (Å²) in [7, 11) is 0. The highest BCUT2D eigenvalue weighted by atomic mass is 79.9. The van der Waals surface area contributed by atoms with Crippen LogP contribution >= 0.6 is 15.9 Å². The maximum Gasteiger partial charge on any atom is 0.308 e. The smallest absolute Gasteiger partial charge is 0.308 e. The molecule has 0 spiro atoms. The van der Waals surface area contributed by atoms with Gasteiger partial charge in [0.1, 0.15) is 13.2 Å². The fraction of sp³-hybridized carbons (Fsp3) is 0.500. The van der Waals surface area contributed by atoms with Crippen molar-refractivity contribution in [1.29, 1.82) is 0 Å². The van der Waals surface area contributed by atoms with Crippen LogP contribution in [0.5, 0.6) is 11.5 Å². The highest BCUT2D eigenvalue weighted by Gasteiger charge is 2.33. The van der Waals surface area contributed by atoms with E-state index in [1.807, 2.05) is 0 Å². The molecule has 1 aliphatic heterocycles. The number of amides is 1. The predicted octanol–water partition coefficient (Wildman–Crippen LogP) is 2.13. The van der Waals surface area contributed by atoms with E-state index in [1.165, 1.54) is 0 Å². The first-order valence-corrected chi connectivity index (χ1v) is 8.44. The molecule has 2 atom stereocenters. The lowest BCUT2D eigenvalue weighted by atomic mass is 10.0. The van der Waals surface area contributed by atoms with Gasteiger partial charge in [0.25, 0.3) is 0 Å². The Balaban J connectivity index is 1.67. The highest BCUT2D eigenvalue weighted by molar-refractivity contribution is 9.10. The third-order valence-corrected chi connectivity index (χ3v) is 4.98. The Morgan fingerprint density at radius 1 is 1.22 bits per heavy atom. The summed E-state index contributed by atoms with van der Waals surface area (Å²) in [5.74, 6) is -0.211. The zero-order chi connectivity index (χ0) is 16.4. The summed E-state index contributed by atoms with van der Waals surface area (Å²) in [5, 5.41) is 12.0. The van der Waals surface area contributed by atoms with E-state index >= 15 is 0 Å². The number of aliphatic carboxylic acids is 1. The first-order valence-electron chi connectivity index (χ1n) is 7.65. The van der Waals surface area contributed by atoms with Crippen molar-refractivity contribution in [2.45, 2.75) is 31.7 Å². The average Bonchev–Trinajstić information content (AvgIpc) is 2.96. The average molecular weight is 384 g/mol. The van der Waals surface area contributed by atoms with E-state index in [1.54, 1.807) is 12.1 Å². The molecule has 1 aliphatic carbocycles. The minimum atomic E-state index is -0.840. The molecular weight excluding hydrogens is 366 g/mol. The van der Waals surface area contributed by atoms with Crippen molar-refractivity contribution in [2.24, 2.45) is 5.92 Å². The van der Waals surface area contributed by atoms with Crippen LogP contribution in [0.2, 0.25) is 0 Å². The minimum absolute atomic E-state index is 0.167.